The molecule has 4 rings (SSSR count). The predicted octanol–water partition coefficient (Wildman–Crippen LogP) is 5.78. The molecule has 0 aliphatic heterocycles. The largest absolute Gasteiger partial charge is 0.348 e. The van der Waals surface area contributed by atoms with Crippen LogP contribution in [0, 0.1) is 6.92 Å². The highest BCUT2D eigenvalue weighted by molar-refractivity contribution is 6.30. The number of anilines is 2. The van der Waals surface area contributed by atoms with E-state index >= 15 is 0 Å². The number of hydrogen-bond acceptors (Lipinski definition) is 4. The first kappa shape index (κ1) is 20.6. The molecule has 0 saturated carbocycles. The lowest BCUT2D eigenvalue weighted by atomic mass is 10.1. The highest BCUT2D eigenvalue weighted by Gasteiger charge is 2.08. The number of nitrogens with zero attached hydrogens (tertiary/aromatic N) is 2. The van der Waals surface area contributed by atoms with Gasteiger partial charge in [-0.3, -0.25) is 4.79 Å². The molecule has 0 bridgehead atoms. The molecule has 6 heteroatoms. The topological polar surface area (TPSA) is 66.9 Å². The number of benzene rings is 3. The predicted molar refractivity (Wildman–Crippen MR) is 125 cm³/mol. The first-order valence-electron chi connectivity index (χ1n) is 9.86. The van der Waals surface area contributed by atoms with Gasteiger partial charge in [0.15, 0.2) is 0 Å². The van der Waals surface area contributed by atoms with Gasteiger partial charge in [-0.1, -0.05) is 59.6 Å². The third-order valence-corrected chi connectivity index (χ3v) is 5.03. The summed E-state index contributed by atoms with van der Waals surface area (Å²) in [6, 6.07) is 24.8. The summed E-state index contributed by atoms with van der Waals surface area (Å²) in [7, 11) is 0. The van der Waals surface area contributed by atoms with Crippen molar-refractivity contribution in [2.75, 3.05) is 5.32 Å². The van der Waals surface area contributed by atoms with E-state index in [1.807, 2.05) is 42.5 Å². The zero-order valence-corrected chi connectivity index (χ0v) is 17.7. The number of amides is 1. The van der Waals surface area contributed by atoms with Gasteiger partial charge in [-0.05, 0) is 42.8 Å². The molecule has 4 aromatic rings. The summed E-state index contributed by atoms with van der Waals surface area (Å²) in [6.45, 7) is 2.48. The van der Waals surface area contributed by atoms with Crippen molar-refractivity contribution in [2.24, 2.45) is 0 Å². The summed E-state index contributed by atoms with van der Waals surface area (Å²) in [5.41, 5.74) is 5.36. The minimum Gasteiger partial charge on any atom is -0.348 e. The lowest BCUT2D eigenvalue weighted by Gasteiger charge is -2.10. The van der Waals surface area contributed by atoms with Crippen LogP contribution in [0.4, 0.5) is 11.5 Å². The molecule has 0 saturated heterocycles. The number of carbonyl (C=O) groups is 1. The minimum atomic E-state index is -0.151. The van der Waals surface area contributed by atoms with Crippen molar-refractivity contribution >= 4 is 29.0 Å². The Balaban J connectivity index is 1.44. The van der Waals surface area contributed by atoms with Gasteiger partial charge in [-0.15, -0.1) is 0 Å². The van der Waals surface area contributed by atoms with E-state index in [2.05, 4.69) is 39.7 Å². The fourth-order valence-corrected chi connectivity index (χ4v) is 3.21. The molecule has 0 radical (unpaired) electrons. The smallest absolute Gasteiger partial charge is 0.251 e. The maximum Gasteiger partial charge on any atom is 0.251 e. The molecule has 5 nitrogen and oxygen atoms in total. The van der Waals surface area contributed by atoms with Crippen molar-refractivity contribution < 1.29 is 4.79 Å². The van der Waals surface area contributed by atoms with Crippen molar-refractivity contribution in [3.8, 4) is 11.3 Å². The number of halogens is 1. The van der Waals surface area contributed by atoms with Gasteiger partial charge in [0.05, 0.1) is 5.69 Å². The lowest BCUT2D eigenvalue weighted by molar-refractivity contribution is 0.0951. The molecule has 0 fully saturated rings. The second kappa shape index (κ2) is 9.41. The minimum absolute atomic E-state index is 0.151. The molecule has 0 unspecified atom stereocenters. The Labute approximate surface area is 186 Å². The van der Waals surface area contributed by atoms with Crippen LogP contribution in [-0.2, 0) is 6.54 Å². The normalized spacial score (nSPS) is 10.5. The molecule has 154 valence electrons. The molecule has 3 aromatic carbocycles. The fourth-order valence-electron chi connectivity index (χ4n) is 3.08. The monoisotopic (exact) mass is 428 g/mol. The highest BCUT2D eigenvalue weighted by Crippen LogP contribution is 2.22. The van der Waals surface area contributed by atoms with Crippen molar-refractivity contribution in [3.05, 3.63) is 107 Å². The van der Waals surface area contributed by atoms with E-state index in [0.717, 1.165) is 22.5 Å². The Morgan fingerprint density at radius 3 is 2.48 bits per heavy atom. The van der Waals surface area contributed by atoms with Gasteiger partial charge in [0, 0.05) is 34.4 Å². The molecule has 31 heavy (non-hydrogen) atoms. The first-order valence-corrected chi connectivity index (χ1v) is 10.2. The van der Waals surface area contributed by atoms with E-state index < -0.39 is 0 Å². The Kier molecular flexibility index (Phi) is 6.24. The van der Waals surface area contributed by atoms with Gasteiger partial charge in [0.2, 0.25) is 0 Å². The Morgan fingerprint density at radius 1 is 0.935 bits per heavy atom. The van der Waals surface area contributed by atoms with E-state index in [9.17, 15) is 4.79 Å². The van der Waals surface area contributed by atoms with Crippen LogP contribution in [-0.4, -0.2) is 15.9 Å². The van der Waals surface area contributed by atoms with E-state index in [1.165, 1.54) is 11.9 Å². The maximum absolute atomic E-state index is 12.6. The van der Waals surface area contributed by atoms with Crippen LogP contribution in [0.3, 0.4) is 0 Å². The van der Waals surface area contributed by atoms with Crippen molar-refractivity contribution in [2.45, 2.75) is 13.5 Å². The lowest BCUT2D eigenvalue weighted by Crippen LogP contribution is -2.22. The number of aromatic nitrogens is 2. The zero-order chi connectivity index (χ0) is 21.6. The quantitative estimate of drug-likeness (QED) is 0.408. The molecule has 1 amide bonds. The third-order valence-electron chi connectivity index (χ3n) is 4.78. The number of nitrogens with one attached hydrogen (secondary N) is 2. The Bertz CT molecular complexity index is 1190. The molecule has 0 spiro atoms. The molecular formula is C25H21ClN4O. The van der Waals surface area contributed by atoms with Crippen LogP contribution in [0.25, 0.3) is 11.3 Å². The van der Waals surface area contributed by atoms with Crippen molar-refractivity contribution in [1.82, 2.24) is 15.3 Å². The summed E-state index contributed by atoms with van der Waals surface area (Å²) in [4.78, 5) is 21.2. The Morgan fingerprint density at radius 2 is 1.71 bits per heavy atom. The highest BCUT2D eigenvalue weighted by atomic mass is 35.5. The molecule has 0 aliphatic rings. The van der Waals surface area contributed by atoms with E-state index in [4.69, 9.17) is 11.6 Å². The molecular weight excluding hydrogens is 408 g/mol. The van der Waals surface area contributed by atoms with Gasteiger partial charge in [-0.25, -0.2) is 9.97 Å². The Hall–Kier alpha value is -3.70. The van der Waals surface area contributed by atoms with E-state index in [-0.39, 0.29) is 5.91 Å². The fraction of sp³-hybridized carbons (Fsp3) is 0.0800. The van der Waals surface area contributed by atoms with E-state index in [0.29, 0.717) is 22.9 Å². The molecule has 1 heterocycles. The standard InChI is InChI=1S/C25H21ClN4O/c1-17-5-9-19(10-6-17)23-14-24(29-16-28-23)30-22-4-2-3-20(13-22)25(31)27-15-18-7-11-21(26)12-8-18/h2-14,16H,15H2,1H3,(H,27,31)(H,28,29,30). The summed E-state index contributed by atoms with van der Waals surface area (Å²) in [6.07, 6.45) is 1.53. The van der Waals surface area contributed by atoms with Crippen LogP contribution < -0.4 is 10.6 Å². The van der Waals surface area contributed by atoms with Crippen LogP contribution in [0.2, 0.25) is 5.02 Å². The first-order chi connectivity index (χ1) is 15.1. The van der Waals surface area contributed by atoms with Crippen molar-refractivity contribution in [1.29, 1.82) is 0 Å². The van der Waals surface area contributed by atoms with Crippen molar-refractivity contribution in [3.63, 3.8) is 0 Å². The van der Waals surface area contributed by atoms with Gasteiger partial charge in [0.1, 0.15) is 12.1 Å². The second-order valence-corrected chi connectivity index (χ2v) is 7.61. The van der Waals surface area contributed by atoms with Crippen LogP contribution in [0.15, 0.2) is 85.2 Å². The van der Waals surface area contributed by atoms with E-state index in [1.54, 1.807) is 24.3 Å². The SMILES string of the molecule is Cc1ccc(-c2cc(Nc3cccc(C(=O)NCc4ccc(Cl)cc4)c3)ncn2)cc1. The molecule has 0 aliphatic carbocycles. The summed E-state index contributed by atoms with van der Waals surface area (Å²) >= 11 is 5.90. The summed E-state index contributed by atoms with van der Waals surface area (Å²) in [5, 5.41) is 6.85. The number of rotatable bonds is 6. The van der Waals surface area contributed by atoms with Crippen LogP contribution >= 0.6 is 11.6 Å². The average Bonchev–Trinajstić information content (AvgIpc) is 2.79. The van der Waals surface area contributed by atoms with Gasteiger partial charge in [-0.2, -0.15) is 0 Å². The maximum atomic E-state index is 12.6. The molecule has 1 aromatic heterocycles. The van der Waals surface area contributed by atoms with Gasteiger partial charge < -0.3 is 10.6 Å². The third kappa shape index (κ3) is 5.47. The van der Waals surface area contributed by atoms with Gasteiger partial charge in [0.25, 0.3) is 5.91 Å². The van der Waals surface area contributed by atoms with Crippen LogP contribution in [0.5, 0.6) is 0 Å². The zero-order valence-electron chi connectivity index (χ0n) is 17.0. The number of carbonyl (C=O) groups excluding carboxylic acids is 1. The molecule has 0 atom stereocenters. The average molecular weight is 429 g/mol. The van der Waals surface area contributed by atoms with Gasteiger partial charge >= 0.3 is 0 Å². The summed E-state index contributed by atoms with van der Waals surface area (Å²) in [5.74, 6) is 0.505. The number of hydrogen-bond donors (Lipinski definition) is 2. The molecule has 2 N–H and O–H groups in total. The second-order valence-electron chi connectivity index (χ2n) is 7.17. The summed E-state index contributed by atoms with van der Waals surface area (Å²) < 4.78 is 0. The number of aryl methyl sites for hydroxylation is 1. The van der Waals surface area contributed by atoms with Crippen LogP contribution in [0.1, 0.15) is 21.5 Å².